The first kappa shape index (κ1) is 12.1. The maximum Gasteiger partial charge on any atom is 0.293 e. The lowest BCUT2D eigenvalue weighted by Gasteiger charge is -2.30. The van der Waals surface area contributed by atoms with E-state index in [1.165, 1.54) is 19.3 Å². The molecule has 0 spiro atoms. The number of aromatic amines is 1. The van der Waals surface area contributed by atoms with Crippen molar-refractivity contribution in [3.8, 4) is 0 Å². The van der Waals surface area contributed by atoms with Gasteiger partial charge in [-0.2, -0.15) is 0 Å². The van der Waals surface area contributed by atoms with Gasteiger partial charge in [-0.3, -0.25) is 9.89 Å². The van der Waals surface area contributed by atoms with Gasteiger partial charge in [0, 0.05) is 19.5 Å². The SMILES string of the molecule is CCc1nc(C(=O)N(C)C2CCCCC2)n[nH]1. The predicted molar refractivity (Wildman–Crippen MR) is 64.7 cm³/mol. The highest BCUT2D eigenvalue weighted by atomic mass is 16.2. The van der Waals surface area contributed by atoms with E-state index < -0.39 is 0 Å². The summed E-state index contributed by atoms with van der Waals surface area (Å²) in [5.41, 5.74) is 0. The topological polar surface area (TPSA) is 61.9 Å². The van der Waals surface area contributed by atoms with E-state index in [4.69, 9.17) is 0 Å². The highest BCUT2D eigenvalue weighted by Gasteiger charge is 2.25. The first-order valence-electron chi connectivity index (χ1n) is 6.40. The van der Waals surface area contributed by atoms with Crippen LogP contribution in [0.2, 0.25) is 0 Å². The Morgan fingerprint density at radius 1 is 1.41 bits per heavy atom. The first-order valence-corrected chi connectivity index (χ1v) is 6.40. The van der Waals surface area contributed by atoms with Crippen LogP contribution in [0.5, 0.6) is 0 Å². The molecule has 1 aliphatic carbocycles. The maximum absolute atomic E-state index is 12.2. The summed E-state index contributed by atoms with van der Waals surface area (Å²) in [7, 11) is 1.86. The van der Waals surface area contributed by atoms with Crippen LogP contribution in [-0.4, -0.2) is 39.1 Å². The fraction of sp³-hybridized carbons (Fsp3) is 0.750. The van der Waals surface area contributed by atoms with Crippen molar-refractivity contribution >= 4 is 5.91 Å². The summed E-state index contributed by atoms with van der Waals surface area (Å²) >= 11 is 0. The number of rotatable bonds is 3. The molecule has 94 valence electrons. The van der Waals surface area contributed by atoms with Crippen LogP contribution in [0.15, 0.2) is 0 Å². The molecular formula is C12H20N4O. The van der Waals surface area contributed by atoms with Gasteiger partial charge in [0.05, 0.1) is 0 Å². The Hall–Kier alpha value is -1.39. The minimum absolute atomic E-state index is 0.0622. The van der Waals surface area contributed by atoms with E-state index in [-0.39, 0.29) is 5.91 Å². The fourth-order valence-corrected chi connectivity index (χ4v) is 2.34. The second-order valence-electron chi connectivity index (χ2n) is 4.67. The highest BCUT2D eigenvalue weighted by Crippen LogP contribution is 2.22. The zero-order valence-electron chi connectivity index (χ0n) is 10.6. The molecule has 1 heterocycles. The smallest absolute Gasteiger partial charge is 0.293 e. The molecule has 0 saturated heterocycles. The van der Waals surface area contributed by atoms with Gasteiger partial charge in [0.25, 0.3) is 5.91 Å². The Labute approximate surface area is 102 Å². The molecule has 0 radical (unpaired) electrons. The zero-order chi connectivity index (χ0) is 12.3. The molecule has 1 aliphatic rings. The van der Waals surface area contributed by atoms with Crippen LogP contribution in [0.3, 0.4) is 0 Å². The van der Waals surface area contributed by atoms with Crippen molar-refractivity contribution in [2.45, 2.75) is 51.5 Å². The number of hydrogen-bond acceptors (Lipinski definition) is 3. The Balaban J connectivity index is 2.02. The molecule has 0 atom stereocenters. The van der Waals surface area contributed by atoms with Crippen molar-refractivity contribution in [2.24, 2.45) is 0 Å². The summed E-state index contributed by atoms with van der Waals surface area (Å²) < 4.78 is 0. The number of hydrogen-bond donors (Lipinski definition) is 1. The zero-order valence-corrected chi connectivity index (χ0v) is 10.6. The largest absolute Gasteiger partial charge is 0.336 e. The molecule has 5 heteroatoms. The molecule has 0 unspecified atom stereocenters. The Bertz CT molecular complexity index is 382. The Kier molecular flexibility index (Phi) is 3.76. The van der Waals surface area contributed by atoms with E-state index in [0.717, 1.165) is 25.1 Å². The number of H-pyrrole nitrogens is 1. The summed E-state index contributed by atoms with van der Waals surface area (Å²) in [6.45, 7) is 1.99. The van der Waals surface area contributed by atoms with Crippen molar-refractivity contribution in [3.63, 3.8) is 0 Å². The van der Waals surface area contributed by atoms with Crippen molar-refractivity contribution in [1.29, 1.82) is 0 Å². The third-order valence-corrected chi connectivity index (χ3v) is 3.50. The van der Waals surface area contributed by atoms with E-state index in [9.17, 15) is 4.79 Å². The number of aryl methyl sites for hydroxylation is 1. The molecule has 0 bridgehead atoms. The monoisotopic (exact) mass is 236 g/mol. The normalized spacial score (nSPS) is 17.1. The van der Waals surface area contributed by atoms with Crippen LogP contribution in [-0.2, 0) is 6.42 Å². The molecule has 1 amide bonds. The fourth-order valence-electron chi connectivity index (χ4n) is 2.34. The average Bonchev–Trinajstić information content (AvgIpc) is 2.87. The summed E-state index contributed by atoms with van der Waals surface area (Å²) in [6.07, 6.45) is 6.71. The quantitative estimate of drug-likeness (QED) is 0.870. The molecule has 1 fully saturated rings. The van der Waals surface area contributed by atoms with Gasteiger partial charge in [0.15, 0.2) is 0 Å². The van der Waals surface area contributed by atoms with Gasteiger partial charge >= 0.3 is 0 Å². The number of nitrogens with zero attached hydrogens (tertiary/aromatic N) is 3. The summed E-state index contributed by atoms with van der Waals surface area (Å²) in [6, 6.07) is 0.361. The second-order valence-corrected chi connectivity index (χ2v) is 4.67. The van der Waals surface area contributed by atoms with E-state index in [2.05, 4.69) is 15.2 Å². The lowest BCUT2D eigenvalue weighted by molar-refractivity contribution is 0.0684. The molecule has 1 N–H and O–H groups in total. The second kappa shape index (κ2) is 5.29. The van der Waals surface area contributed by atoms with Crippen molar-refractivity contribution < 1.29 is 4.79 Å². The molecule has 0 aromatic carbocycles. The first-order chi connectivity index (χ1) is 8.22. The molecule has 1 aromatic heterocycles. The third kappa shape index (κ3) is 2.65. The summed E-state index contributed by atoms with van der Waals surface area (Å²) in [5.74, 6) is 1.01. The van der Waals surface area contributed by atoms with Crippen molar-refractivity contribution in [3.05, 3.63) is 11.6 Å². The van der Waals surface area contributed by atoms with Gasteiger partial charge in [-0.1, -0.05) is 26.2 Å². The lowest BCUT2D eigenvalue weighted by Crippen LogP contribution is -2.38. The third-order valence-electron chi connectivity index (χ3n) is 3.50. The van der Waals surface area contributed by atoms with E-state index in [1.54, 1.807) is 0 Å². The van der Waals surface area contributed by atoms with Crippen molar-refractivity contribution in [1.82, 2.24) is 20.1 Å². The van der Waals surface area contributed by atoms with Crippen LogP contribution in [0.1, 0.15) is 55.5 Å². The maximum atomic E-state index is 12.2. The van der Waals surface area contributed by atoms with E-state index in [1.807, 2.05) is 18.9 Å². The highest BCUT2D eigenvalue weighted by molar-refractivity contribution is 5.90. The molecule has 1 saturated carbocycles. The van der Waals surface area contributed by atoms with Crippen molar-refractivity contribution in [2.75, 3.05) is 7.05 Å². The molecule has 17 heavy (non-hydrogen) atoms. The van der Waals surface area contributed by atoms with Gasteiger partial charge in [0.2, 0.25) is 5.82 Å². The molecule has 2 rings (SSSR count). The van der Waals surface area contributed by atoms with Gasteiger partial charge in [-0.25, -0.2) is 4.98 Å². The standard InChI is InChI=1S/C12H20N4O/c1-3-10-13-11(15-14-10)12(17)16(2)9-7-5-4-6-8-9/h9H,3-8H2,1-2H3,(H,13,14,15). The van der Waals surface area contributed by atoms with Gasteiger partial charge in [-0.15, -0.1) is 5.10 Å². The van der Waals surface area contributed by atoms with Gasteiger partial charge < -0.3 is 4.90 Å². The molecule has 1 aromatic rings. The van der Waals surface area contributed by atoms with Crippen LogP contribution >= 0.6 is 0 Å². The van der Waals surface area contributed by atoms with Gasteiger partial charge in [0.1, 0.15) is 5.82 Å². The number of carbonyl (C=O) groups excluding carboxylic acids is 1. The Morgan fingerprint density at radius 3 is 2.71 bits per heavy atom. The number of carbonyl (C=O) groups is 1. The Morgan fingerprint density at radius 2 is 2.12 bits per heavy atom. The van der Waals surface area contributed by atoms with Crippen LogP contribution in [0.4, 0.5) is 0 Å². The minimum atomic E-state index is -0.0622. The lowest BCUT2D eigenvalue weighted by atomic mass is 9.94. The van der Waals surface area contributed by atoms with Crippen LogP contribution in [0.25, 0.3) is 0 Å². The number of nitrogens with one attached hydrogen (secondary N) is 1. The molecule has 5 nitrogen and oxygen atoms in total. The number of aromatic nitrogens is 3. The van der Waals surface area contributed by atoms with E-state index in [0.29, 0.717) is 11.9 Å². The van der Waals surface area contributed by atoms with Gasteiger partial charge in [-0.05, 0) is 12.8 Å². The van der Waals surface area contributed by atoms with Crippen LogP contribution < -0.4 is 0 Å². The summed E-state index contributed by atoms with van der Waals surface area (Å²) in [4.78, 5) is 18.1. The minimum Gasteiger partial charge on any atom is -0.336 e. The predicted octanol–water partition coefficient (Wildman–Crippen LogP) is 1.77. The van der Waals surface area contributed by atoms with E-state index >= 15 is 0 Å². The molecule has 0 aliphatic heterocycles. The summed E-state index contributed by atoms with van der Waals surface area (Å²) in [5, 5.41) is 6.76. The number of amides is 1. The van der Waals surface area contributed by atoms with Crippen LogP contribution in [0, 0.1) is 0 Å². The average molecular weight is 236 g/mol. The molecular weight excluding hydrogens is 216 g/mol.